The Morgan fingerprint density at radius 1 is 0.800 bits per heavy atom. The second-order valence-electron chi connectivity index (χ2n) is 7.02. The average Bonchev–Trinajstić information content (AvgIpc) is 2.75. The van der Waals surface area contributed by atoms with E-state index in [9.17, 15) is 9.59 Å². The predicted octanol–water partition coefficient (Wildman–Crippen LogP) is 4.32. The normalized spacial score (nSPS) is 10.3. The molecule has 0 radical (unpaired) electrons. The Bertz CT molecular complexity index is 977. The predicted molar refractivity (Wildman–Crippen MR) is 117 cm³/mol. The quantitative estimate of drug-likeness (QED) is 0.449. The molecule has 3 aromatic rings. The number of esters is 1. The summed E-state index contributed by atoms with van der Waals surface area (Å²) in [7, 11) is 0. The van der Waals surface area contributed by atoms with Gasteiger partial charge in [0.15, 0.2) is 0 Å². The van der Waals surface area contributed by atoms with Crippen LogP contribution in [0.1, 0.15) is 21.5 Å². The lowest BCUT2D eigenvalue weighted by Crippen LogP contribution is -2.31. The summed E-state index contributed by atoms with van der Waals surface area (Å²) in [6, 6.07) is 23.1. The molecule has 0 aliphatic rings. The molecular formula is C25H25NO4. The summed E-state index contributed by atoms with van der Waals surface area (Å²) in [5.41, 5.74) is 4.81. The Hall–Kier alpha value is -3.60. The van der Waals surface area contributed by atoms with E-state index in [2.05, 4.69) is 11.4 Å². The van der Waals surface area contributed by atoms with Gasteiger partial charge in [-0.2, -0.15) is 0 Å². The molecule has 0 saturated carbocycles. The molecule has 0 atom stereocenters. The lowest BCUT2D eigenvalue weighted by molar-refractivity contribution is -0.143. The maximum atomic E-state index is 12.2. The molecule has 3 aromatic carbocycles. The van der Waals surface area contributed by atoms with Crippen LogP contribution in [0.2, 0.25) is 0 Å². The number of carbonyl (C=O) groups excluding carboxylic acids is 2. The summed E-state index contributed by atoms with van der Waals surface area (Å²) in [6.07, 6.45) is 0. The molecule has 0 fully saturated rings. The van der Waals surface area contributed by atoms with Crippen molar-refractivity contribution in [2.24, 2.45) is 0 Å². The van der Waals surface area contributed by atoms with E-state index < -0.39 is 5.97 Å². The molecule has 30 heavy (non-hydrogen) atoms. The van der Waals surface area contributed by atoms with E-state index in [1.54, 1.807) is 12.1 Å². The smallest absolute Gasteiger partial charge is 0.325 e. The van der Waals surface area contributed by atoms with Gasteiger partial charge in [0.05, 0.1) is 0 Å². The van der Waals surface area contributed by atoms with Gasteiger partial charge in [0.1, 0.15) is 25.5 Å². The highest BCUT2D eigenvalue weighted by Crippen LogP contribution is 2.19. The minimum atomic E-state index is -0.506. The first kappa shape index (κ1) is 21.1. The van der Waals surface area contributed by atoms with Crippen LogP contribution in [0.4, 0.5) is 0 Å². The lowest BCUT2D eigenvalue weighted by atomic mass is 10.0. The van der Waals surface area contributed by atoms with Gasteiger partial charge in [-0.05, 0) is 60.4 Å². The molecule has 0 bridgehead atoms. The van der Waals surface area contributed by atoms with Gasteiger partial charge in [0, 0.05) is 5.56 Å². The first-order chi connectivity index (χ1) is 14.5. The summed E-state index contributed by atoms with van der Waals surface area (Å²) in [6.45, 7) is 4.18. The average molecular weight is 403 g/mol. The Balaban J connectivity index is 1.39. The minimum absolute atomic E-state index is 0.119. The maximum absolute atomic E-state index is 12.2. The van der Waals surface area contributed by atoms with Crippen molar-refractivity contribution in [1.82, 2.24) is 5.32 Å². The number of amides is 1. The van der Waals surface area contributed by atoms with Crippen molar-refractivity contribution in [3.05, 3.63) is 89.5 Å². The number of ether oxygens (including phenoxy) is 2. The van der Waals surface area contributed by atoms with Gasteiger partial charge < -0.3 is 14.8 Å². The van der Waals surface area contributed by atoms with E-state index in [1.165, 1.54) is 0 Å². The summed E-state index contributed by atoms with van der Waals surface area (Å²) >= 11 is 0. The number of nitrogens with one attached hydrogen (secondary N) is 1. The van der Waals surface area contributed by atoms with Gasteiger partial charge in [-0.25, -0.2) is 0 Å². The zero-order valence-electron chi connectivity index (χ0n) is 17.2. The van der Waals surface area contributed by atoms with Crippen LogP contribution in [0.15, 0.2) is 72.8 Å². The topological polar surface area (TPSA) is 64.6 Å². The molecule has 3 rings (SSSR count). The Labute approximate surface area is 176 Å². The Kier molecular flexibility index (Phi) is 7.22. The van der Waals surface area contributed by atoms with Crippen LogP contribution < -0.4 is 10.1 Å². The van der Waals surface area contributed by atoms with Crippen molar-refractivity contribution in [1.29, 1.82) is 0 Å². The van der Waals surface area contributed by atoms with E-state index >= 15 is 0 Å². The van der Waals surface area contributed by atoms with E-state index in [-0.39, 0.29) is 25.7 Å². The summed E-state index contributed by atoms with van der Waals surface area (Å²) in [5.74, 6) is -0.0814. The van der Waals surface area contributed by atoms with Crippen LogP contribution >= 0.6 is 0 Å². The highest BCUT2D eigenvalue weighted by Gasteiger charge is 2.09. The largest absolute Gasteiger partial charge is 0.490 e. The van der Waals surface area contributed by atoms with Crippen molar-refractivity contribution in [2.45, 2.75) is 13.8 Å². The van der Waals surface area contributed by atoms with Gasteiger partial charge in [0.2, 0.25) is 0 Å². The molecule has 5 nitrogen and oxygen atoms in total. The van der Waals surface area contributed by atoms with Crippen LogP contribution in [0.5, 0.6) is 5.75 Å². The molecule has 0 spiro atoms. The van der Waals surface area contributed by atoms with Crippen molar-refractivity contribution in [3.63, 3.8) is 0 Å². The molecule has 0 aliphatic carbocycles. The van der Waals surface area contributed by atoms with Gasteiger partial charge in [-0.15, -0.1) is 0 Å². The minimum Gasteiger partial charge on any atom is -0.490 e. The fourth-order valence-corrected chi connectivity index (χ4v) is 3.08. The number of aryl methyl sites for hydroxylation is 2. The summed E-state index contributed by atoms with van der Waals surface area (Å²) < 4.78 is 10.7. The number of hydrogen-bond acceptors (Lipinski definition) is 4. The maximum Gasteiger partial charge on any atom is 0.325 e. The van der Waals surface area contributed by atoms with Gasteiger partial charge >= 0.3 is 5.97 Å². The van der Waals surface area contributed by atoms with Gasteiger partial charge in [0.25, 0.3) is 5.91 Å². The number of rotatable bonds is 8. The van der Waals surface area contributed by atoms with Crippen LogP contribution in [-0.2, 0) is 9.53 Å². The zero-order chi connectivity index (χ0) is 21.3. The molecule has 154 valence electrons. The third kappa shape index (κ3) is 6.21. The van der Waals surface area contributed by atoms with Crippen LogP contribution in [0.25, 0.3) is 11.1 Å². The van der Waals surface area contributed by atoms with E-state index in [0.717, 1.165) is 28.0 Å². The first-order valence-electron chi connectivity index (χ1n) is 9.82. The summed E-state index contributed by atoms with van der Waals surface area (Å²) in [4.78, 5) is 24.1. The summed E-state index contributed by atoms with van der Waals surface area (Å²) in [5, 5.41) is 2.58. The van der Waals surface area contributed by atoms with Crippen molar-refractivity contribution < 1.29 is 19.1 Å². The molecule has 0 heterocycles. The van der Waals surface area contributed by atoms with Crippen molar-refractivity contribution in [2.75, 3.05) is 19.8 Å². The highest BCUT2D eigenvalue weighted by atomic mass is 16.6. The number of carbonyl (C=O) groups is 2. The third-order valence-corrected chi connectivity index (χ3v) is 4.46. The molecule has 1 amide bonds. The molecule has 0 saturated heterocycles. The molecule has 0 unspecified atom stereocenters. The number of hydrogen-bond donors (Lipinski definition) is 1. The Morgan fingerprint density at radius 3 is 2.10 bits per heavy atom. The second kappa shape index (κ2) is 10.3. The second-order valence-corrected chi connectivity index (χ2v) is 7.02. The molecule has 5 heteroatoms. The molecule has 0 aliphatic heterocycles. The van der Waals surface area contributed by atoms with Gasteiger partial charge in [-0.3, -0.25) is 9.59 Å². The monoisotopic (exact) mass is 403 g/mol. The fraction of sp³-hybridized carbons (Fsp3) is 0.200. The first-order valence-corrected chi connectivity index (χ1v) is 9.82. The van der Waals surface area contributed by atoms with Gasteiger partial charge in [-0.1, -0.05) is 48.5 Å². The highest BCUT2D eigenvalue weighted by molar-refractivity contribution is 5.96. The van der Waals surface area contributed by atoms with E-state index in [1.807, 2.05) is 68.4 Å². The Morgan fingerprint density at radius 2 is 1.43 bits per heavy atom. The molecule has 1 N–H and O–H groups in total. The number of benzene rings is 3. The van der Waals surface area contributed by atoms with E-state index in [4.69, 9.17) is 9.47 Å². The van der Waals surface area contributed by atoms with Crippen LogP contribution in [0, 0.1) is 13.8 Å². The SMILES string of the molecule is Cc1cc(C)cc(OCCOC(=O)CNC(=O)c2ccc(-c3ccccc3)cc2)c1. The molecular weight excluding hydrogens is 378 g/mol. The standard InChI is InChI=1S/C25H25NO4/c1-18-14-19(2)16-23(15-18)29-12-13-30-24(27)17-26-25(28)22-10-8-21(9-11-22)20-6-4-3-5-7-20/h3-11,14-16H,12-13,17H2,1-2H3,(H,26,28). The van der Waals surface area contributed by atoms with Crippen molar-refractivity contribution in [3.8, 4) is 16.9 Å². The molecule has 0 aromatic heterocycles. The van der Waals surface area contributed by atoms with Crippen LogP contribution in [-0.4, -0.2) is 31.6 Å². The zero-order valence-corrected chi connectivity index (χ0v) is 17.2. The van der Waals surface area contributed by atoms with Crippen molar-refractivity contribution >= 4 is 11.9 Å². The lowest BCUT2D eigenvalue weighted by Gasteiger charge is -2.10. The van der Waals surface area contributed by atoms with Crippen LogP contribution in [0.3, 0.4) is 0 Å². The fourth-order valence-electron chi connectivity index (χ4n) is 3.08. The van der Waals surface area contributed by atoms with E-state index in [0.29, 0.717) is 5.56 Å². The third-order valence-electron chi connectivity index (χ3n) is 4.46.